The zero-order valence-electron chi connectivity index (χ0n) is 9.33. The number of alkyl carbamates (subject to hydrolysis) is 1. The monoisotopic (exact) mass is 240 g/mol. The van der Waals surface area contributed by atoms with Gasteiger partial charge < -0.3 is 15.4 Å². The van der Waals surface area contributed by atoms with Crippen LogP contribution in [-0.2, 0) is 4.74 Å². The maximum Gasteiger partial charge on any atom is 0.406 e. The molecular formula is C11H13FN2O3. The fourth-order valence-corrected chi connectivity index (χ4v) is 1.14. The van der Waals surface area contributed by atoms with Crippen molar-refractivity contribution in [2.75, 3.05) is 20.2 Å². The van der Waals surface area contributed by atoms with E-state index in [0.29, 0.717) is 0 Å². The van der Waals surface area contributed by atoms with Crippen molar-refractivity contribution in [1.82, 2.24) is 10.6 Å². The van der Waals surface area contributed by atoms with Crippen molar-refractivity contribution in [3.05, 3.63) is 35.6 Å². The number of carbonyl (C=O) groups is 2. The second-order valence-electron chi connectivity index (χ2n) is 3.18. The molecule has 5 nitrogen and oxygen atoms in total. The summed E-state index contributed by atoms with van der Waals surface area (Å²) in [7, 11) is 1.25. The van der Waals surface area contributed by atoms with Crippen molar-refractivity contribution in [3.8, 4) is 0 Å². The van der Waals surface area contributed by atoms with Crippen LogP contribution in [0, 0.1) is 5.82 Å². The quantitative estimate of drug-likeness (QED) is 0.769. The molecule has 0 radical (unpaired) electrons. The van der Waals surface area contributed by atoms with E-state index >= 15 is 0 Å². The Kier molecular flexibility index (Phi) is 4.93. The molecule has 6 heteroatoms. The molecule has 0 aliphatic carbocycles. The molecule has 2 amide bonds. The Bertz CT molecular complexity index is 409. The van der Waals surface area contributed by atoms with Crippen LogP contribution in [0.5, 0.6) is 0 Å². The van der Waals surface area contributed by atoms with Crippen LogP contribution in [0.25, 0.3) is 0 Å². The van der Waals surface area contributed by atoms with E-state index in [4.69, 9.17) is 0 Å². The molecule has 0 aliphatic heterocycles. The fraction of sp³-hybridized carbons (Fsp3) is 0.273. The lowest BCUT2D eigenvalue weighted by Crippen LogP contribution is -2.34. The molecule has 0 heterocycles. The summed E-state index contributed by atoms with van der Waals surface area (Å²) in [6, 6.07) is 5.36. The smallest absolute Gasteiger partial charge is 0.406 e. The van der Waals surface area contributed by atoms with E-state index in [-0.39, 0.29) is 18.7 Å². The Hall–Kier alpha value is -2.11. The van der Waals surface area contributed by atoms with Gasteiger partial charge in [0.1, 0.15) is 5.82 Å². The molecule has 1 aromatic carbocycles. The number of rotatable bonds is 4. The predicted molar refractivity (Wildman–Crippen MR) is 59.1 cm³/mol. The molecule has 2 N–H and O–H groups in total. The van der Waals surface area contributed by atoms with Crippen molar-refractivity contribution < 1.29 is 18.7 Å². The predicted octanol–water partition coefficient (Wildman–Crippen LogP) is 0.911. The second-order valence-corrected chi connectivity index (χ2v) is 3.18. The summed E-state index contributed by atoms with van der Waals surface area (Å²) in [6.45, 7) is 0.484. The van der Waals surface area contributed by atoms with Gasteiger partial charge in [0.25, 0.3) is 5.91 Å². The zero-order chi connectivity index (χ0) is 12.7. The summed E-state index contributed by atoms with van der Waals surface area (Å²) in [6.07, 6.45) is -0.565. The summed E-state index contributed by atoms with van der Waals surface area (Å²) < 4.78 is 17.2. The third-order valence-electron chi connectivity index (χ3n) is 1.95. The molecule has 0 aliphatic rings. The molecular weight excluding hydrogens is 227 g/mol. The molecule has 0 atom stereocenters. The number of amides is 2. The SMILES string of the molecule is COC(=O)NCCNC(=O)c1cccc(F)c1. The van der Waals surface area contributed by atoms with Crippen LogP contribution in [0.3, 0.4) is 0 Å². The highest BCUT2D eigenvalue weighted by Gasteiger charge is 2.05. The van der Waals surface area contributed by atoms with E-state index in [1.54, 1.807) is 0 Å². The van der Waals surface area contributed by atoms with Crippen molar-refractivity contribution in [2.45, 2.75) is 0 Å². The van der Waals surface area contributed by atoms with E-state index in [1.807, 2.05) is 0 Å². The number of ether oxygens (including phenoxy) is 1. The molecule has 92 valence electrons. The third kappa shape index (κ3) is 4.50. The average Bonchev–Trinajstić information content (AvgIpc) is 2.34. The first-order valence-corrected chi connectivity index (χ1v) is 4.99. The van der Waals surface area contributed by atoms with Crippen LogP contribution in [0.15, 0.2) is 24.3 Å². The van der Waals surface area contributed by atoms with Crippen molar-refractivity contribution in [1.29, 1.82) is 0 Å². The lowest BCUT2D eigenvalue weighted by molar-refractivity contribution is 0.0952. The average molecular weight is 240 g/mol. The largest absolute Gasteiger partial charge is 0.453 e. The van der Waals surface area contributed by atoms with Gasteiger partial charge in [-0.2, -0.15) is 0 Å². The zero-order valence-corrected chi connectivity index (χ0v) is 9.33. The minimum absolute atomic E-state index is 0.239. The molecule has 0 aromatic heterocycles. The van der Waals surface area contributed by atoms with E-state index in [2.05, 4.69) is 15.4 Å². The maximum atomic E-state index is 12.8. The molecule has 1 aromatic rings. The van der Waals surface area contributed by atoms with E-state index < -0.39 is 17.8 Å². The van der Waals surface area contributed by atoms with Gasteiger partial charge in [0, 0.05) is 18.7 Å². The Morgan fingerprint density at radius 2 is 2.00 bits per heavy atom. The third-order valence-corrected chi connectivity index (χ3v) is 1.95. The Labute approximate surface area is 98.0 Å². The number of nitrogens with one attached hydrogen (secondary N) is 2. The van der Waals surface area contributed by atoms with Crippen molar-refractivity contribution in [2.24, 2.45) is 0 Å². The Balaban J connectivity index is 2.33. The summed E-state index contributed by atoms with van der Waals surface area (Å²) in [5, 5.41) is 4.93. The second kappa shape index (κ2) is 6.47. The molecule has 0 saturated heterocycles. The lowest BCUT2D eigenvalue weighted by atomic mass is 10.2. The van der Waals surface area contributed by atoms with Gasteiger partial charge in [-0.3, -0.25) is 4.79 Å². The number of hydrogen-bond donors (Lipinski definition) is 2. The highest BCUT2D eigenvalue weighted by Crippen LogP contribution is 2.02. The van der Waals surface area contributed by atoms with E-state index in [0.717, 1.165) is 6.07 Å². The molecule has 0 unspecified atom stereocenters. The first-order valence-electron chi connectivity index (χ1n) is 4.99. The summed E-state index contributed by atoms with van der Waals surface area (Å²) in [5.41, 5.74) is 0.239. The van der Waals surface area contributed by atoms with Crippen LogP contribution in [0.4, 0.5) is 9.18 Å². The maximum absolute atomic E-state index is 12.8. The van der Waals surface area contributed by atoms with Gasteiger partial charge in [-0.25, -0.2) is 9.18 Å². The topological polar surface area (TPSA) is 67.4 Å². The number of hydrogen-bond acceptors (Lipinski definition) is 3. The standard InChI is InChI=1S/C11H13FN2O3/c1-17-11(16)14-6-5-13-10(15)8-3-2-4-9(12)7-8/h2-4,7H,5-6H2,1H3,(H,13,15)(H,14,16). The van der Waals surface area contributed by atoms with Gasteiger partial charge in [0.05, 0.1) is 7.11 Å². The summed E-state index contributed by atoms with van der Waals surface area (Å²) >= 11 is 0. The Morgan fingerprint density at radius 3 is 2.65 bits per heavy atom. The molecule has 0 saturated carbocycles. The van der Waals surface area contributed by atoms with Gasteiger partial charge in [-0.05, 0) is 18.2 Å². The lowest BCUT2D eigenvalue weighted by Gasteiger charge is -2.06. The first-order chi connectivity index (χ1) is 8.13. The van der Waals surface area contributed by atoms with Gasteiger partial charge in [-0.1, -0.05) is 6.07 Å². The van der Waals surface area contributed by atoms with E-state index in [9.17, 15) is 14.0 Å². The molecule has 1 rings (SSSR count). The molecule has 0 fully saturated rings. The van der Waals surface area contributed by atoms with Crippen molar-refractivity contribution >= 4 is 12.0 Å². The minimum atomic E-state index is -0.565. The van der Waals surface area contributed by atoms with Crippen LogP contribution in [0.2, 0.25) is 0 Å². The van der Waals surface area contributed by atoms with Crippen LogP contribution < -0.4 is 10.6 Å². The Morgan fingerprint density at radius 1 is 1.29 bits per heavy atom. The van der Waals surface area contributed by atoms with Gasteiger partial charge in [0.15, 0.2) is 0 Å². The summed E-state index contributed by atoms with van der Waals surface area (Å²) in [4.78, 5) is 22.2. The van der Waals surface area contributed by atoms with Gasteiger partial charge in [0.2, 0.25) is 0 Å². The molecule has 0 spiro atoms. The highest BCUT2D eigenvalue weighted by atomic mass is 19.1. The molecule has 0 bridgehead atoms. The van der Waals surface area contributed by atoms with Crippen molar-refractivity contribution in [3.63, 3.8) is 0 Å². The first kappa shape index (κ1) is 13.0. The van der Waals surface area contributed by atoms with Crippen LogP contribution >= 0.6 is 0 Å². The number of halogens is 1. The normalized spacial score (nSPS) is 9.53. The van der Waals surface area contributed by atoms with Crippen LogP contribution in [-0.4, -0.2) is 32.2 Å². The van der Waals surface area contributed by atoms with Crippen LogP contribution in [0.1, 0.15) is 10.4 Å². The fourth-order valence-electron chi connectivity index (χ4n) is 1.14. The summed E-state index contributed by atoms with van der Waals surface area (Å²) in [5.74, 6) is -0.860. The van der Waals surface area contributed by atoms with E-state index in [1.165, 1.54) is 25.3 Å². The van der Waals surface area contributed by atoms with Gasteiger partial charge >= 0.3 is 6.09 Å². The van der Waals surface area contributed by atoms with Gasteiger partial charge in [-0.15, -0.1) is 0 Å². The minimum Gasteiger partial charge on any atom is -0.453 e. The highest BCUT2D eigenvalue weighted by molar-refractivity contribution is 5.94. The molecule has 17 heavy (non-hydrogen) atoms. The number of benzene rings is 1. The number of methoxy groups -OCH3 is 1. The number of carbonyl (C=O) groups excluding carboxylic acids is 2.